The van der Waals surface area contributed by atoms with Crippen LogP contribution in [0.25, 0.3) is 0 Å². The molecule has 2 rings (SSSR count). The minimum absolute atomic E-state index is 0.0941. The molecule has 0 spiro atoms. The van der Waals surface area contributed by atoms with Gasteiger partial charge in [-0.05, 0) is 81.1 Å². The van der Waals surface area contributed by atoms with Crippen molar-refractivity contribution in [2.75, 3.05) is 13.2 Å². The Hall–Kier alpha value is -1.22. The maximum absolute atomic E-state index is 12.8. The molecule has 0 saturated carbocycles. The predicted octanol–water partition coefficient (Wildman–Crippen LogP) is 11.4. The van der Waals surface area contributed by atoms with Gasteiger partial charge in [-0.3, -0.25) is 19.3 Å². The first-order valence-corrected chi connectivity index (χ1v) is 21.3. The molecule has 300 valence electrons. The lowest BCUT2D eigenvalue weighted by atomic mass is 9.80. The van der Waals surface area contributed by atoms with Crippen LogP contribution in [-0.4, -0.2) is 69.6 Å². The lowest BCUT2D eigenvalue weighted by Crippen LogP contribution is -2.62. The first-order valence-electron chi connectivity index (χ1n) is 21.3. The summed E-state index contributed by atoms with van der Waals surface area (Å²) in [7, 11) is 0. The lowest BCUT2D eigenvalue weighted by Gasteiger charge is -2.53. The van der Waals surface area contributed by atoms with Crippen molar-refractivity contribution in [3.8, 4) is 0 Å². The Labute approximate surface area is 314 Å². The summed E-state index contributed by atoms with van der Waals surface area (Å²) in [5.41, 5.74) is -0.829. The number of nitrogens with zero attached hydrogens (tertiary/aromatic N) is 2. The van der Waals surface area contributed by atoms with E-state index in [0.717, 1.165) is 83.8 Å². The summed E-state index contributed by atoms with van der Waals surface area (Å²) in [5, 5.41) is 4.34. The SMILES string of the molecule is CCCCCCCCON1C(C)(C)CC(OC(=O)CCCCCCCC(=O)OC2CC(C)(C)N(OCCCCCCCC)C(C)(C)C2)CC1(C)C. The van der Waals surface area contributed by atoms with E-state index in [-0.39, 0.29) is 46.3 Å². The molecule has 2 fully saturated rings. The van der Waals surface area contributed by atoms with Gasteiger partial charge in [0.25, 0.3) is 0 Å². The van der Waals surface area contributed by atoms with Crippen molar-refractivity contribution in [1.29, 1.82) is 0 Å². The Bertz CT molecular complexity index is 868. The van der Waals surface area contributed by atoms with Gasteiger partial charge in [0.1, 0.15) is 12.2 Å². The molecule has 0 aromatic heterocycles. The smallest absolute Gasteiger partial charge is 0.306 e. The number of esters is 2. The van der Waals surface area contributed by atoms with Crippen LogP contribution in [0.15, 0.2) is 0 Å². The van der Waals surface area contributed by atoms with Gasteiger partial charge in [-0.2, -0.15) is 10.1 Å². The monoisotopic (exact) mass is 723 g/mol. The van der Waals surface area contributed by atoms with Gasteiger partial charge >= 0.3 is 11.9 Å². The molecule has 0 bridgehead atoms. The topological polar surface area (TPSA) is 77.5 Å². The van der Waals surface area contributed by atoms with E-state index >= 15 is 0 Å². The van der Waals surface area contributed by atoms with Crippen LogP contribution >= 0.6 is 0 Å². The highest BCUT2D eigenvalue weighted by atomic mass is 16.7. The maximum atomic E-state index is 12.8. The molecule has 0 aromatic rings. The fraction of sp³-hybridized carbons (Fsp3) is 0.953. The second kappa shape index (κ2) is 22.9. The van der Waals surface area contributed by atoms with Gasteiger partial charge in [0, 0.05) is 60.7 Å². The maximum Gasteiger partial charge on any atom is 0.306 e. The van der Waals surface area contributed by atoms with Crippen molar-refractivity contribution in [3.63, 3.8) is 0 Å². The average molecular weight is 723 g/mol. The molecule has 51 heavy (non-hydrogen) atoms. The van der Waals surface area contributed by atoms with Crippen LogP contribution in [0.4, 0.5) is 0 Å². The van der Waals surface area contributed by atoms with Gasteiger partial charge in [0.05, 0.1) is 13.2 Å². The van der Waals surface area contributed by atoms with Gasteiger partial charge in [0.2, 0.25) is 0 Å². The second-order valence-corrected chi connectivity index (χ2v) is 18.3. The number of hydrogen-bond acceptors (Lipinski definition) is 8. The molecule has 8 nitrogen and oxygen atoms in total. The van der Waals surface area contributed by atoms with Crippen molar-refractivity contribution >= 4 is 11.9 Å². The first kappa shape index (κ1) is 45.9. The molecule has 0 aromatic carbocycles. The molecular weight excluding hydrogens is 640 g/mol. The summed E-state index contributed by atoms with van der Waals surface area (Å²) in [6.45, 7) is 23.6. The molecule has 8 heteroatoms. The number of piperidine rings is 2. The second-order valence-electron chi connectivity index (χ2n) is 18.3. The normalized spacial score (nSPS) is 20.7. The molecule has 0 unspecified atom stereocenters. The fourth-order valence-electron chi connectivity index (χ4n) is 8.84. The summed E-state index contributed by atoms with van der Waals surface area (Å²) in [5.74, 6) is -0.192. The Kier molecular flexibility index (Phi) is 20.6. The highest BCUT2D eigenvalue weighted by molar-refractivity contribution is 5.70. The standard InChI is InChI=1S/C43H82N2O6/c1-11-13-15-17-22-26-30-48-44-40(3,4)32-36(33-41(44,5)6)50-38(46)28-24-20-19-21-25-29-39(47)51-37-34-42(7,8)45(43(9,10)35-37)49-31-27-23-18-16-14-12-2/h36-37H,11-35H2,1-10H3. The summed E-state index contributed by atoms with van der Waals surface area (Å²) in [6.07, 6.45) is 23.3. The van der Waals surface area contributed by atoms with Crippen molar-refractivity contribution in [2.24, 2.45) is 0 Å². The zero-order chi connectivity index (χ0) is 38.0. The molecule has 0 atom stereocenters. The van der Waals surface area contributed by atoms with E-state index in [4.69, 9.17) is 19.1 Å². The van der Waals surface area contributed by atoms with Crippen LogP contribution in [0.2, 0.25) is 0 Å². The largest absolute Gasteiger partial charge is 0.462 e. The van der Waals surface area contributed by atoms with Gasteiger partial charge in [0.15, 0.2) is 0 Å². The van der Waals surface area contributed by atoms with Crippen molar-refractivity contribution < 1.29 is 28.7 Å². The molecule has 0 amide bonds. The number of hydroxylamine groups is 4. The third-order valence-electron chi connectivity index (χ3n) is 10.9. The fourth-order valence-corrected chi connectivity index (χ4v) is 8.84. The van der Waals surface area contributed by atoms with Crippen molar-refractivity contribution in [3.05, 3.63) is 0 Å². The molecule has 2 heterocycles. The number of carbonyl (C=O) groups excluding carboxylic acids is 2. The number of carbonyl (C=O) groups is 2. The number of ether oxygens (including phenoxy) is 2. The Morgan fingerprint density at radius 1 is 0.451 bits per heavy atom. The van der Waals surface area contributed by atoms with Crippen molar-refractivity contribution in [1.82, 2.24) is 10.1 Å². The van der Waals surface area contributed by atoms with E-state index in [1.54, 1.807) is 0 Å². The summed E-state index contributed by atoms with van der Waals surface area (Å²) >= 11 is 0. The molecule has 0 radical (unpaired) electrons. The molecular formula is C43H82N2O6. The van der Waals surface area contributed by atoms with E-state index in [1.807, 2.05) is 0 Å². The molecule has 0 aliphatic carbocycles. The minimum Gasteiger partial charge on any atom is -0.462 e. The quantitative estimate of drug-likeness (QED) is 0.0645. The third kappa shape index (κ3) is 17.2. The van der Waals surface area contributed by atoms with E-state index < -0.39 is 0 Å². The minimum atomic E-state index is -0.207. The van der Waals surface area contributed by atoms with Gasteiger partial charge in [-0.1, -0.05) is 97.3 Å². The highest BCUT2D eigenvalue weighted by Crippen LogP contribution is 2.41. The summed E-state index contributed by atoms with van der Waals surface area (Å²) in [6, 6.07) is 0. The van der Waals surface area contributed by atoms with Gasteiger partial charge in [-0.25, -0.2) is 0 Å². The zero-order valence-corrected chi connectivity index (χ0v) is 35.2. The lowest BCUT2D eigenvalue weighted by molar-refractivity contribution is -0.293. The van der Waals surface area contributed by atoms with Crippen LogP contribution in [0.5, 0.6) is 0 Å². The zero-order valence-electron chi connectivity index (χ0n) is 35.2. The number of hydrogen-bond donors (Lipinski definition) is 0. The van der Waals surface area contributed by atoms with E-state index in [9.17, 15) is 9.59 Å². The third-order valence-corrected chi connectivity index (χ3v) is 10.9. The van der Waals surface area contributed by atoms with Crippen LogP contribution in [0.3, 0.4) is 0 Å². The summed E-state index contributed by atoms with van der Waals surface area (Å²) in [4.78, 5) is 38.2. The summed E-state index contributed by atoms with van der Waals surface area (Å²) < 4.78 is 12.0. The van der Waals surface area contributed by atoms with Crippen LogP contribution in [0.1, 0.15) is 217 Å². The van der Waals surface area contributed by atoms with E-state index in [2.05, 4.69) is 79.4 Å². The highest BCUT2D eigenvalue weighted by Gasteiger charge is 2.49. The van der Waals surface area contributed by atoms with E-state index in [1.165, 1.54) is 64.2 Å². The molecule has 2 aliphatic rings. The Morgan fingerprint density at radius 3 is 1.04 bits per heavy atom. The number of unbranched alkanes of at least 4 members (excludes halogenated alkanes) is 14. The van der Waals surface area contributed by atoms with E-state index in [0.29, 0.717) is 12.8 Å². The first-order chi connectivity index (χ1) is 24.0. The molecule has 2 aliphatic heterocycles. The Balaban J connectivity index is 1.60. The Morgan fingerprint density at radius 2 is 0.725 bits per heavy atom. The molecule has 2 saturated heterocycles. The predicted molar refractivity (Wildman–Crippen MR) is 209 cm³/mol. The van der Waals surface area contributed by atoms with Crippen LogP contribution in [-0.2, 0) is 28.7 Å². The number of rotatable bonds is 26. The average Bonchev–Trinajstić information content (AvgIpc) is 3.00. The van der Waals surface area contributed by atoms with Crippen molar-refractivity contribution in [2.45, 2.75) is 251 Å². The molecule has 0 N–H and O–H groups in total. The van der Waals surface area contributed by atoms with Crippen LogP contribution < -0.4 is 0 Å². The van der Waals surface area contributed by atoms with Gasteiger partial charge in [-0.15, -0.1) is 0 Å². The van der Waals surface area contributed by atoms with Crippen LogP contribution in [0, 0.1) is 0 Å². The van der Waals surface area contributed by atoms with Gasteiger partial charge < -0.3 is 9.47 Å².